The van der Waals surface area contributed by atoms with Gasteiger partial charge in [-0.15, -0.1) is 11.6 Å². The van der Waals surface area contributed by atoms with Crippen LogP contribution >= 0.6 is 11.6 Å². The second kappa shape index (κ2) is 6.11. The molecule has 0 aliphatic carbocycles. The predicted octanol–water partition coefficient (Wildman–Crippen LogP) is 4.07. The standard InChI is InChI=1S/C17H21ClN2/c1-13(18)14-8-10-20(11-9-14)12-16-7-6-15-4-2-3-5-17(15)19-16/h2-7,13-14H,8-12H2,1H3. The molecule has 2 nitrogen and oxygen atoms in total. The molecule has 1 aromatic heterocycles. The molecule has 0 saturated carbocycles. The van der Waals surface area contributed by atoms with Crippen molar-refractivity contribution in [3.63, 3.8) is 0 Å². The lowest BCUT2D eigenvalue weighted by Gasteiger charge is -2.32. The Morgan fingerprint density at radius 1 is 1.20 bits per heavy atom. The van der Waals surface area contributed by atoms with Crippen molar-refractivity contribution in [1.82, 2.24) is 9.88 Å². The number of nitrogens with zero attached hydrogens (tertiary/aromatic N) is 2. The van der Waals surface area contributed by atoms with Gasteiger partial charge in [0.15, 0.2) is 0 Å². The number of hydrogen-bond donors (Lipinski definition) is 0. The SMILES string of the molecule is CC(Cl)C1CCN(Cc2ccc3ccccc3n2)CC1. The molecule has 1 aliphatic heterocycles. The van der Waals surface area contributed by atoms with E-state index in [2.05, 4.69) is 42.2 Å². The first-order chi connectivity index (χ1) is 9.72. The monoisotopic (exact) mass is 288 g/mol. The number of rotatable bonds is 3. The third-order valence-electron chi connectivity index (χ3n) is 4.32. The Hall–Kier alpha value is -1.12. The summed E-state index contributed by atoms with van der Waals surface area (Å²) in [6.45, 7) is 5.34. The molecule has 1 unspecified atom stereocenters. The fourth-order valence-electron chi connectivity index (χ4n) is 3.00. The summed E-state index contributed by atoms with van der Waals surface area (Å²) in [6, 6.07) is 12.6. The lowest BCUT2D eigenvalue weighted by Crippen LogP contribution is -2.35. The molecule has 1 atom stereocenters. The van der Waals surface area contributed by atoms with Crippen LogP contribution < -0.4 is 0 Å². The maximum Gasteiger partial charge on any atom is 0.0705 e. The number of likely N-dealkylation sites (tertiary alicyclic amines) is 1. The van der Waals surface area contributed by atoms with Crippen molar-refractivity contribution in [2.24, 2.45) is 5.92 Å². The Bertz CT molecular complexity index is 574. The molecule has 0 N–H and O–H groups in total. The number of pyridine rings is 1. The number of hydrogen-bond acceptors (Lipinski definition) is 2. The van der Waals surface area contributed by atoms with Crippen LogP contribution in [0.1, 0.15) is 25.5 Å². The van der Waals surface area contributed by atoms with E-state index in [-0.39, 0.29) is 0 Å². The van der Waals surface area contributed by atoms with Gasteiger partial charge in [0.25, 0.3) is 0 Å². The number of benzene rings is 1. The summed E-state index contributed by atoms with van der Waals surface area (Å²) in [7, 11) is 0. The van der Waals surface area contributed by atoms with Crippen molar-refractivity contribution in [2.45, 2.75) is 31.7 Å². The van der Waals surface area contributed by atoms with E-state index in [4.69, 9.17) is 16.6 Å². The van der Waals surface area contributed by atoms with E-state index in [1.165, 1.54) is 23.9 Å². The van der Waals surface area contributed by atoms with E-state index < -0.39 is 0 Å². The van der Waals surface area contributed by atoms with Crippen molar-refractivity contribution >= 4 is 22.5 Å². The minimum absolute atomic E-state index is 0.302. The highest BCUT2D eigenvalue weighted by Crippen LogP contribution is 2.24. The fourth-order valence-corrected chi connectivity index (χ4v) is 3.25. The molecule has 0 amide bonds. The van der Waals surface area contributed by atoms with Gasteiger partial charge in [-0.3, -0.25) is 9.88 Å². The Morgan fingerprint density at radius 3 is 2.70 bits per heavy atom. The predicted molar refractivity (Wildman–Crippen MR) is 85.1 cm³/mol. The highest BCUT2D eigenvalue weighted by atomic mass is 35.5. The Labute approximate surface area is 125 Å². The molecule has 1 aliphatic rings. The maximum absolute atomic E-state index is 6.20. The second-order valence-electron chi connectivity index (χ2n) is 5.79. The normalized spacial score (nSPS) is 19.3. The minimum Gasteiger partial charge on any atom is -0.297 e. The van der Waals surface area contributed by atoms with E-state index >= 15 is 0 Å². The molecule has 1 fully saturated rings. The van der Waals surface area contributed by atoms with Gasteiger partial charge in [0.1, 0.15) is 0 Å². The van der Waals surface area contributed by atoms with Crippen molar-refractivity contribution in [3.05, 3.63) is 42.1 Å². The Kier molecular flexibility index (Phi) is 4.23. The molecule has 20 heavy (non-hydrogen) atoms. The quantitative estimate of drug-likeness (QED) is 0.791. The van der Waals surface area contributed by atoms with E-state index in [0.717, 1.165) is 25.2 Å². The van der Waals surface area contributed by atoms with Gasteiger partial charge in [-0.25, -0.2) is 0 Å². The van der Waals surface area contributed by atoms with Crippen LogP contribution in [0.3, 0.4) is 0 Å². The summed E-state index contributed by atoms with van der Waals surface area (Å²) in [6.07, 6.45) is 2.41. The molecular formula is C17H21ClN2. The van der Waals surface area contributed by atoms with Crippen LogP contribution in [-0.4, -0.2) is 28.4 Å². The van der Waals surface area contributed by atoms with Gasteiger partial charge in [0, 0.05) is 17.3 Å². The third kappa shape index (κ3) is 3.13. The largest absolute Gasteiger partial charge is 0.297 e. The highest BCUT2D eigenvalue weighted by molar-refractivity contribution is 6.20. The van der Waals surface area contributed by atoms with Gasteiger partial charge in [0.05, 0.1) is 11.2 Å². The number of piperidine rings is 1. The summed E-state index contributed by atoms with van der Waals surface area (Å²) in [5.41, 5.74) is 2.26. The first-order valence-corrected chi connectivity index (χ1v) is 7.87. The zero-order valence-electron chi connectivity index (χ0n) is 11.9. The van der Waals surface area contributed by atoms with Gasteiger partial charge in [-0.2, -0.15) is 0 Å². The number of halogens is 1. The maximum atomic E-state index is 6.20. The van der Waals surface area contributed by atoms with E-state index in [0.29, 0.717) is 11.3 Å². The molecule has 2 aromatic rings. The molecule has 106 valence electrons. The van der Waals surface area contributed by atoms with E-state index in [1.54, 1.807) is 0 Å². The van der Waals surface area contributed by atoms with Gasteiger partial charge in [-0.1, -0.05) is 24.3 Å². The van der Waals surface area contributed by atoms with Gasteiger partial charge < -0.3 is 0 Å². The van der Waals surface area contributed by atoms with Gasteiger partial charge >= 0.3 is 0 Å². The van der Waals surface area contributed by atoms with E-state index in [1.807, 2.05) is 6.07 Å². The van der Waals surface area contributed by atoms with Crippen molar-refractivity contribution < 1.29 is 0 Å². The first-order valence-electron chi connectivity index (χ1n) is 7.43. The van der Waals surface area contributed by atoms with Crippen LogP contribution in [0.5, 0.6) is 0 Å². The van der Waals surface area contributed by atoms with Gasteiger partial charge in [0.2, 0.25) is 0 Å². The topological polar surface area (TPSA) is 16.1 Å². The fraction of sp³-hybridized carbons (Fsp3) is 0.471. The number of alkyl halides is 1. The first kappa shape index (κ1) is 13.8. The molecule has 1 saturated heterocycles. The molecule has 0 radical (unpaired) electrons. The molecule has 0 bridgehead atoms. The molecule has 1 aromatic carbocycles. The summed E-state index contributed by atoms with van der Waals surface area (Å²) >= 11 is 6.20. The molecule has 2 heterocycles. The average Bonchev–Trinajstić information content (AvgIpc) is 2.48. The van der Waals surface area contributed by atoms with Crippen LogP contribution in [0, 0.1) is 5.92 Å². The highest BCUT2D eigenvalue weighted by Gasteiger charge is 2.22. The zero-order valence-corrected chi connectivity index (χ0v) is 12.7. The van der Waals surface area contributed by atoms with Crippen LogP contribution in [0.25, 0.3) is 10.9 Å². The third-order valence-corrected chi connectivity index (χ3v) is 4.68. The smallest absolute Gasteiger partial charge is 0.0705 e. The van der Waals surface area contributed by atoms with Crippen LogP contribution in [0.2, 0.25) is 0 Å². The summed E-state index contributed by atoms with van der Waals surface area (Å²) in [5, 5.41) is 1.52. The zero-order chi connectivity index (χ0) is 13.9. The number of fused-ring (bicyclic) bond motifs is 1. The molecule has 0 spiro atoms. The van der Waals surface area contributed by atoms with Crippen LogP contribution in [0.15, 0.2) is 36.4 Å². The average molecular weight is 289 g/mol. The lowest BCUT2D eigenvalue weighted by atomic mass is 9.94. The summed E-state index contributed by atoms with van der Waals surface area (Å²) in [4.78, 5) is 7.25. The van der Waals surface area contributed by atoms with Crippen molar-refractivity contribution in [2.75, 3.05) is 13.1 Å². The molecule has 3 rings (SSSR count). The summed E-state index contributed by atoms with van der Waals surface area (Å²) in [5.74, 6) is 0.678. The number of aromatic nitrogens is 1. The molecule has 3 heteroatoms. The lowest BCUT2D eigenvalue weighted by molar-refractivity contribution is 0.175. The van der Waals surface area contributed by atoms with Crippen LogP contribution in [-0.2, 0) is 6.54 Å². The minimum atomic E-state index is 0.302. The van der Waals surface area contributed by atoms with E-state index in [9.17, 15) is 0 Å². The summed E-state index contributed by atoms with van der Waals surface area (Å²) < 4.78 is 0. The second-order valence-corrected chi connectivity index (χ2v) is 6.47. The Morgan fingerprint density at radius 2 is 1.95 bits per heavy atom. The van der Waals surface area contributed by atoms with Crippen molar-refractivity contribution in [1.29, 1.82) is 0 Å². The van der Waals surface area contributed by atoms with Gasteiger partial charge in [-0.05, 0) is 50.9 Å². The van der Waals surface area contributed by atoms with Crippen molar-refractivity contribution in [3.8, 4) is 0 Å². The van der Waals surface area contributed by atoms with Crippen LogP contribution in [0.4, 0.5) is 0 Å². The Balaban J connectivity index is 1.65. The number of para-hydroxylation sites is 1. The molecular weight excluding hydrogens is 268 g/mol.